The summed E-state index contributed by atoms with van der Waals surface area (Å²) >= 11 is 0. The van der Waals surface area contributed by atoms with E-state index >= 15 is 0 Å². The molecule has 0 aromatic heterocycles. The van der Waals surface area contributed by atoms with Crippen LogP contribution in [0.1, 0.15) is 58.3 Å². The van der Waals surface area contributed by atoms with Crippen LogP contribution in [0.4, 0.5) is 0 Å². The van der Waals surface area contributed by atoms with Crippen molar-refractivity contribution in [3.05, 3.63) is 48.6 Å². The molecule has 5 nitrogen and oxygen atoms in total. The maximum atomic E-state index is 10.3. The molecule has 0 amide bonds. The van der Waals surface area contributed by atoms with Crippen molar-refractivity contribution in [2.45, 2.75) is 70.2 Å². The Balaban J connectivity index is 4.00. The summed E-state index contributed by atoms with van der Waals surface area (Å²) in [7, 11) is 0. The van der Waals surface area contributed by atoms with Crippen LogP contribution >= 0.6 is 0 Å². The lowest BCUT2D eigenvalue weighted by Crippen LogP contribution is -2.40. The number of hydrogen-bond donors (Lipinski definition) is 4. The molecule has 142 valence electrons. The minimum atomic E-state index is -2.21. The Labute approximate surface area is 150 Å². The Kier molecular flexibility index (Phi) is 13.6. The van der Waals surface area contributed by atoms with Gasteiger partial charge in [-0.15, -0.1) is 0 Å². The smallest absolute Gasteiger partial charge is 0.303 e. The standard InChI is InChI=1S/C20H32O5/c1-2-3-12-15-18(21)20(24,25)17-14-11-9-7-5-4-6-8-10-13-16-19(22)23/h4-7,9,11,14,17-18,21,24-25H,2-3,8,10,12-13,15-16H2,1H3,(H,22,23)/b6-4+,7-5+,11-9+,17-14+. The number of unbranched alkanes of at least 4 members (excludes halogenated alkanes) is 4. The Hall–Kier alpha value is -1.69. The van der Waals surface area contributed by atoms with Gasteiger partial charge in [-0.2, -0.15) is 0 Å². The number of carboxylic acids is 1. The van der Waals surface area contributed by atoms with Crippen molar-refractivity contribution >= 4 is 5.97 Å². The second kappa shape index (κ2) is 14.6. The van der Waals surface area contributed by atoms with E-state index in [4.69, 9.17) is 5.11 Å². The van der Waals surface area contributed by atoms with Crippen molar-refractivity contribution in [2.24, 2.45) is 0 Å². The number of rotatable bonds is 14. The first-order valence-electron chi connectivity index (χ1n) is 8.92. The number of aliphatic hydroxyl groups is 3. The average molecular weight is 352 g/mol. The van der Waals surface area contributed by atoms with Crippen LogP contribution in [-0.4, -0.2) is 38.3 Å². The largest absolute Gasteiger partial charge is 0.481 e. The number of aliphatic hydroxyl groups excluding tert-OH is 1. The topological polar surface area (TPSA) is 98.0 Å². The zero-order chi connectivity index (χ0) is 19.0. The summed E-state index contributed by atoms with van der Waals surface area (Å²) in [5, 5.41) is 37.8. The number of aliphatic carboxylic acids is 1. The zero-order valence-corrected chi connectivity index (χ0v) is 15.1. The Morgan fingerprint density at radius 1 is 0.960 bits per heavy atom. The zero-order valence-electron chi connectivity index (χ0n) is 15.1. The van der Waals surface area contributed by atoms with Crippen LogP contribution in [0.25, 0.3) is 0 Å². The van der Waals surface area contributed by atoms with Gasteiger partial charge in [0.25, 0.3) is 0 Å². The second-order valence-electron chi connectivity index (χ2n) is 5.99. The van der Waals surface area contributed by atoms with Crippen molar-refractivity contribution in [1.82, 2.24) is 0 Å². The molecule has 0 aliphatic carbocycles. The molecule has 0 rings (SSSR count). The highest BCUT2D eigenvalue weighted by molar-refractivity contribution is 5.66. The monoisotopic (exact) mass is 352 g/mol. The van der Waals surface area contributed by atoms with Crippen LogP contribution in [-0.2, 0) is 4.79 Å². The van der Waals surface area contributed by atoms with Gasteiger partial charge in [0.05, 0.1) is 0 Å². The fraction of sp³-hybridized carbons (Fsp3) is 0.550. The molecule has 0 radical (unpaired) electrons. The highest BCUT2D eigenvalue weighted by Crippen LogP contribution is 2.15. The molecular weight excluding hydrogens is 320 g/mol. The van der Waals surface area contributed by atoms with Crippen molar-refractivity contribution in [1.29, 1.82) is 0 Å². The maximum absolute atomic E-state index is 10.3. The van der Waals surface area contributed by atoms with Gasteiger partial charge < -0.3 is 20.4 Å². The van der Waals surface area contributed by atoms with Crippen molar-refractivity contribution in [2.75, 3.05) is 0 Å². The predicted molar refractivity (Wildman–Crippen MR) is 100.0 cm³/mol. The van der Waals surface area contributed by atoms with Gasteiger partial charge in [0.15, 0.2) is 0 Å². The van der Waals surface area contributed by atoms with Crippen LogP contribution in [0, 0.1) is 0 Å². The predicted octanol–water partition coefficient (Wildman–Crippen LogP) is 3.48. The lowest BCUT2D eigenvalue weighted by Gasteiger charge is -2.23. The van der Waals surface area contributed by atoms with Gasteiger partial charge in [-0.1, -0.05) is 68.7 Å². The third-order valence-electron chi connectivity index (χ3n) is 3.62. The van der Waals surface area contributed by atoms with Gasteiger partial charge >= 0.3 is 5.97 Å². The number of hydrogen-bond acceptors (Lipinski definition) is 4. The van der Waals surface area contributed by atoms with Crippen LogP contribution in [0.2, 0.25) is 0 Å². The van der Waals surface area contributed by atoms with E-state index in [1.54, 1.807) is 18.2 Å². The molecule has 0 aliphatic rings. The first-order chi connectivity index (χ1) is 11.9. The summed E-state index contributed by atoms with van der Waals surface area (Å²) in [6.45, 7) is 2.05. The molecule has 5 heteroatoms. The molecule has 1 atom stereocenters. The van der Waals surface area contributed by atoms with E-state index in [1.165, 1.54) is 12.2 Å². The van der Waals surface area contributed by atoms with Gasteiger partial charge in [-0.05, 0) is 31.8 Å². The van der Waals surface area contributed by atoms with Crippen molar-refractivity contribution in [3.63, 3.8) is 0 Å². The summed E-state index contributed by atoms with van der Waals surface area (Å²) in [5.41, 5.74) is 0. The van der Waals surface area contributed by atoms with E-state index in [9.17, 15) is 20.1 Å². The molecule has 1 unspecified atom stereocenters. The molecule has 0 aromatic carbocycles. The molecule has 0 aliphatic heterocycles. The Morgan fingerprint density at radius 3 is 2.24 bits per heavy atom. The summed E-state index contributed by atoms with van der Waals surface area (Å²) in [6, 6.07) is 0. The van der Waals surface area contributed by atoms with Crippen LogP contribution in [0.3, 0.4) is 0 Å². The summed E-state index contributed by atoms with van der Waals surface area (Å²) < 4.78 is 0. The van der Waals surface area contributed by atoms with Gasteiger partial charge in [-0.3, -0.25) is 4.79 Å². The minimum absolute atomic E-state index is 0.212. The summed E-state index contributed by atoms with van der Waals surface area (Å²) in [5.74, 6) is -2.97. The lowest BCUT2D eigenvalue weighted by molar-refractivity contribution is -0.190. The molecular formula is C20H32O5. The van der Waals surface area contributed by atoms with Gasteiger partial charge in [0.1, 0.15) is 6.10 Å². The molecule has 4 N–H and O–H groups in total. The average Bonchev–Trinajstić information content (AvgIpc) is 2.55. The van der Waals surface area contributed by atoms with Crippen molar-refractivity contribution in [3.8, 4) is 0 Å². The molecule has 0 spiro atoms. The summed E-state index contributed by atoms with van der Waals surface area (Å²) in [6.07, 6.45) is 18.0. The van der Waals surface area contributed by atoms with Gasteiger partial charge in [0, 0.05) is 6.42 Å². The lowest BCUT2D eigenvalue weighted by atomic mass is 10.0. The first-order valence-corrected chi connectivity index (χ1v) is 8.92. The third-order valence-corrected chi connectivity index (χ3v) is 3.62. The normalized spacial score (nSPS) is 14.4. The van der Waals surface area contributed by atoms with Gasteiger partial charge in [0.2, 0.25) is 5.79 Å². The van der Waals surface area contributed by atoms with E-state index in [2.05, 4.69) is 0 Å². The van der Waals surface area contributed by atoms with Crippen LogP contribution in [0.15, 0.2) is 48.6 Å². The van der Waals surface area contributed by atoms with E-state index in [1.807, 2.05) is 25.2 Å². The fourth-order valence-electron chi connectivity index (χ4n) is 2.08. The molecule has 0 heterocycles. The molecule has 0 saturated heterocycles. The first kappa shape index (κ1) is 23.3. The number of allylic oxidation sites excluding steroid dienone is 7. The highest BCUT2D eigenvalue weighted by atomic mass is 16.5. The third kappa shape index (κ3) is 14.4. The van der Waals surface area contributed by atoms with E-state index < -0.39 is 17.9 Å². The van der Waals surface area contributed by atoms with Crippen LogP contribution < -0.4 is 0 Å². The van der Waals surface area contributed by atoms with Gasteiger partial charge in [-0.25, -0.2) is 0 Å². The van der Waals surface area contributed by atoms with Crippen molar-refractivity contribution < 1.29 is 25.2 Å². The fourth-order valence-corrected chi connectivity index (χ4v) is 2.08. The Morgan fingerprint density at radius 2 is 1.60 bits per heavy atom. The van der Waals surface area contributed by atoms with E-state index in [0.717, 1.165) is 32.1 Å². The molecule has 25 heavy (non-hydrogen) atoms. The maximum Gasteiger partial charge on any atom is 0.303 e. The number of carboxylic acid groups (broad SMARTS) is 1. The molecule has 0 saturated carbocycles. The highest BCUT2D eigenvalue weighted by Gasteiger charge is 2.29. The Bertz CT molecular complexity index is 461. The molecule has 0 fully saturated rings. The quantitative estimate of drug-likeness (QED) is 0.218. The SMILES string of the molecule is CCCCCC(O)C(O)(O)/C=C/C=C/C=C/C=C/CCCCC(=O)O. The summed E-state index contributed by atoms with van der Waals surface area (Å²) in [4.78, 5) is 10.3. The van der Waals surface area contributed by atoms with E-state index in [-0.39, 0.29) is 6.42 Å². The molecule has 0 bridgehead atoms. The number of carbonyl (C=O) groups is 1. The second-order valence-corrected chi connectivity index (χ2v) is 5.99. The minimum Gasteiger partial charge on any atom is -0.481 e. The van der Waals surface area contributed by atoms with Crippen LogP contribution in [0.5, 0.6) is 0 Å². The van der Waals surface area contributed by atoms with E-state index in [0.29, 0.717) is 12.8 Å². The molecule has 0 aromatic rings.